The number of thiophene rings is 1. The smallest absolute Gasteiger partial charge is 0.350 e. The van der Waals surface area contributed by atoms with Gasteiger partial charge in [0.1, 0.15) is 14.8 Å². The zero-order chi connectivity index (χ0) is 15.8. The lowest BCUT2D eigenvalue weighted by Crippen LogP contribution is -2.36. The molecule has 118 valence electrons. The molecule has 1 unspecified atom stereocenters. The molecule has 1 aliphatic rings. The van der Waals surface area contributed by atoms with E-state index in [1.165, 1.54) is 7.11 Å². The molecule has 2 heterocycles. The number of ether oxygens (including phenoxy) is 1. The maximum absolute atomic E-state index is 12.1. The maximum Gasteiger partial charge on any atom is 0.350 e. The van der Waals surface area contributed by atoms with Crippen molar-refractivity contribution in [2.24, 2.45) is 0 Å². The quantitative estimate of drug-likeness (QED) is 0.825. The Labute approximate surface area is 132 Å². The van der Waals surface area contributed by atoms with Gasteiger partial charge in [-0.2, -0.15) is 11.8 Å². The van der Waals surface area contributed by atoms with Crippen LogP contribution in [-0.4, -0.2) is 51.8 Å². The Hall–Kier alpha value is -0.930. The number of carbonyl (C=O) groups is 1. The summed E-state index contributed by atoms with van der Waals surface area (Å²) in [6.45, 7) is 3.56. The van der Waals surface area contributed by atoms with Gasteiger partial charge in [0.2, 0.25) is 0 Å². The Kier molecular flexibility index (Phi) is 4.74. The fraction of sp³-hybridized carbons (Fsp3) is 0.583. The third-order valence-corrected chi connectivity index (χ3v) is 6.82. The van der Waals surface area contributed by atoms with E-state index in [4.69, 9.17) is 5.73 Å². The van der Waals surface area contributed by atoms with Crippen LogP contribution in [-0.2, 0) is 14.6 Å². The number of nitrogens with two attached hydrogens (primary N) is 1. The van der Waals surface area contributed by atoms with Gasteiger partial charge in [0.15, 0.2) is 9.84 Å². The summed E-state index contributed by atoms with van der Waals surface area (Å²) in [4.78, 5) is 14.0. The average Bonchev–Trinajstić information content (AvgIpc) is 2.75. The third kappa shape index (κ3) is 3.29. The van der Waals surface area contributed by atoms with Crippen LogP contribution in [0.3, 0.4) is 0 Å². The lowest BCUT2D eigenvalue weighted by molar-refractivity contribution is 0.0607. The van der Waals surface area contributed by atoms with E-state index in [-0.39, 0.29) is 15.5 Å². The second-order valence-corrected chi connectivity index (χ2v) is 9.37. The van der Waals surface area contributed by atoms with Crippen molar-refractivity contribution in [2.75, 3.05) is 42.8 Å². The minimum absolute atomic E-state index is 0.00442. The molecule has 1 atom stereocenters. The molecule has 2 N–H and O–H groups in total. The van der Waals surface area contributed by atoms with E-state index in [2.05, 4.69) is 11.7 Å². The van der Waals surface area contributed by atoms with Crippen LogP contribution in [0.1, 0.15) is 16.6 Å². The first-order chi connectivity index (χ1) is 9.75. The zero-order valence-electron chi connectivity index (χ0n) is 12.1. The highest BCUT2D eigenvalue weighted by molar-refractivity contribution is 8.00. The highest BCUT2D eigenvalue weighted by atomic mass is 32.2. The van der Waals surface area contributed by atoms with Crippen molar-refractivity contribution in [3.63, 3.8) is 0 Å². The maximum atomic E-state index is 12.1. The van der Waals surface area contributed by atoms with Gasteiger partial charge in [0.05, 0.1) is 12.8 Å². The largest absolute Gasteiger partial charge is 0.465 e. The first kappa shape index (κ1) is 16.4. The van der Waals surface area contributed by atoms with Crippen molar-refractivity contribution >= 4 is 49.6 Å². The minimum Gasteiger partial charge on any atom is -0.465 e. The van der Waals surface area contributed by atoms with E-state index in [1.54, 1.807) is 0 Å². The van der Waals surface area contributed by atoms with Gasteiger partial charge >= 0.3 is 5.97 Å². The molecule has 2 rings (SSSR count). The first-order valence-corrected chi connectivity index (χ1v) is 10.1. The molecule has 21 heavy (non-hydrogen) atoms. The van der Waals surface area contributed by atoms with Crippen molar-refractivity contribution in [1.29, 1.82) is 0 Å². The lowest BCUT2D eigenvalue weighted by atomic mass is 10.3. The van der Waals surface area contributed by atoms with E-state index < -0.39 is 15.8 Å². The third-order valence-electron chi connectivity index (χ3n) is 3.15. The SMILES string of the molecule is COC(=O)c1sc(N2CCSC(C)C2)c(S(C)(=O)=O)c1N. The fourth-order valence-corrected chi connectivity index (χ4v) is 5.90. The van der Waals surface area contributed by atoms with Gasteiger partial charge in [-0.15, -0.1) is 11.3 Å². The van der Waals surface area contributed by atoms with E-state index >= 15 is 0 Å². The summed E-state index contributed by atoms with van der Waals surface area (Å²) in [7, 11) is -2.27. The van der Waals surface area contributed by atoms with Crippen LogP contribution < -0.4 is 10.6 Å². The first-order valence-electron chi connectivity index (χ1n) is 6.33. The van der Waals surface area contributed by atoms with Gasteiger partial charge in [0, 0.05) is 30.3 Å². The van der Waals surface area contributed by atoms with Gasteiger partial charge in [0.25, 0.3) is 0 Å². The number of carbonyl (C=O) groups excluding carboxylic acids is 1. The Morgan fingerprint density at radius 3 is 2.67 bits per heavy atom. The summed E-state index contributed by atoms with van der Waals surface area (Å²) >= 11 is 2.93. The molecular formula is C12H18N2O4S3. The molecular weight excluding hydrogens is 332 g/mol. The number of esters is 1. The average molecular weight is 350 g/mol. The van der Waals surface area contributed by atoms with Gasteiger partial charge in [-0.05, 0) is 0 Å². The summed E-state index contributed by atoms with van der Waals surface area (Å²) in [6.07, 6.45) is 1.11. The molecule has 1 aromatic rings. The fourth-order valence-electron chi connectivity index (χ4n) is 2.23. The highest BCUT2D eigenvalue weighted by Crippen LogP contribution is 2.43. The molecule has 1 saturated heterocycles. The predicted octanol–water partition coefficient (Wildman–Crippen LogP) is 1.46. The Balaban J connectivity index is 2.56. The molecule has 0 saturated carbocycles. The molecule has 0 amide bonds. The topological polar surface area (TPSA) is 89.7 Å². The number of anilines is 2. The van der Waals surface area contributed by atoms with Gasteiger partial charge in [-0.1, -0.05) is 6.92 Å². The molecule has 0 aliphatic carbocycles. The standard InChI is InChI=1S/C12H18N2O4S3/c1-7-6-14(4-5-19-7)11-10(21(3,16)17)8(13)9(20-11)12(15)18-2/h7H,4-6,13H2,1-3H3. The predicted molar refractivity (Wildman–Crippen MR) is 87.3 cm³/mol. The number of thioether (sulfide) groups is 1. The highest BCUT2D eigenvalue weighted by Gasteiger charge is 2.31. The van der Waals surface area contributed by atoms with Crippen LogP contribution in [0.15, 0.2) is 4.90 Å². The monoisotopic (exact) mass is 350 g/mol. The Morgan fingerprint density at radius 1 is 1.48 bits per heavy atom. The normalized spacial score (nSPS) is 19.6. The molecule has 1 fully saturated rings. The van der Waals surface area contributed by atoms with Crippen molar-refractivity contribution in [3.8, 4) is 0 Å². The number of rotatable bonds is 3. The van der Waals surface area contributed by atoms with E-state index in [0.717, 1.165) is 36.4 Å². The van der Waals surface area contributed by atoms with Crippen molar-refractivity contribution < 1.29 is 17.9 Å². The Morgan fingerprint density at radius 2 is 2.14 bits per heavy atom. The number of methoxy groups -OCH3 is 1. The number of hydrogen-bond acceptors (Lipinski definition) is 8. The van der Waals surface area contributed by atoms with Crippen LogP contribution in [0.4, 0.5) is 10.7 Å². The van der Waals surface area contributed by atoms with E-state index in [9.17, 15) is 13.2 Å². The summed E-state index contributed by atoms with van der Waals surface area (Å²) in [6, 6.07) is 0. The van der Waals surface area contributed by atoms with Gasteiger partial charge in [-0.3, -0.25) is 0 Å². The molecule has 1 aromatic heterocycles. The summed E-state index contributed by atoms with van der Waals surface area (Å²) < 4.78 is 28.8. The van der Waals surface area contributed by atoms with E-state index in [0.29, 0.717) is 10.3 Å². The molecule has 9 heteroatoms. The number of sulfone groups is 1. The molecule has 0 aromatic carbocycles. The number of hydrogen-bond donors (Lipinski definition) is 1. The van der Waals surface area contributed by atoms with Crippen LogP contribution in [0.5, 0.6) is 0 Å². The van der Waals surface area contributed by atoms with Crippen molar-refractivity contribution in [3.05, 3.63) is 4.88 Å². The summed E-state index contributed by atoms with van der Waals surface area (Å²) in [5.41, 5.74) is 5.90. The van der Waals surface area contributed by atoms with Crippen LogP contribution in [0.25, 0.3) is 0 Å². The second kappa shape index (κ2) is 6.05. The van der Waals surface area contributed by atoms with Crippen LogP contribution in [0, 0.1) is 0 Å². The van der Waals surface area contributed by atoms with Crippen molar-refractivity contribution in [2.45, 2.75) is 17.1 Å². The van der Waals surface area contributed by atoms with Crippen molar-refractivity contribution in [1.82, 2.24) is 0 Å². The Bertz CT molecular complexity index is 654. The van der Waals surface area contributed by atoms with Crippen LogP contribution >= 0.6 is 23.1 Å². The number of nitrogens with zero attached hydrogens (tertiary/aromatic N) is 1. The zero-order valence-corrected chi connectivity index (χ0v) is 14.5. The van der Waals surface area contributed by atoms with E-state index in [1.807, 2.05) is 16.7 Å². The second-order valence-electron chi connectivity index (χ2n) is 4.87. The van der Waals surface area contributed by atoms with Gasteiger partial charge < -0.3 is 15.4 Å². The minimum atomic E-state index is -3.52. The summed E-state index contributed by atoms with van der Waals surface area (Å²) in [5, 5.41) is 0.943. The molecule has 0 spiro atoms. The molecule has 6 nitrogen and oxygen atoms in total. The number of nitrogen functional groups attached to an aromatic ring is 1. The molecule has 1 aliphatic heterocycles. The van der Waals surface area contributed by atoms with Gasteiger partial charge in [-0.25, -0.2) is 13.2 Å². The van der Waals surface area contributed by atoms with Crippen LogP contribution in [0.2, 0.25) is 0 Å². The molecule has 0 radical (unpaired) electrons. The lowest BCUT2D eigenvalue weighted by Gasteiger charge is -2.31. The molecule has 0 bridgehead atoms. The summed E-state index contributed by atoms with van der Waals surface area (Å²) in [5.74, 6) is 0.309.